The lowest BCUT2D eigenvalue weighted by molar-refractivity contribution is 0.628. The number of nitrogens with one attached hydrogen (secondary N) is 1. The Morgan fingerprint density at radius 2 is 1.95 bits per heavy atom. The SMILES string of the molecule is Cc1ccc(F)cc1-c1nc(NN)c2c(C)c(C)sc2n1. The van der Waals surface area contributed by atoms with Gasteiger partial charge >= 0.3 is 0 Å². The molecule has 0 amide bonds. The van der Waals surface area contributed by atoms with E-state index < -0.39 is 0 Å². The van der Waals surface area contributed by atoms with Crippen molar-refractivity contribution in [2.45, 2.75) is 20.8 Å². The first-order valence-corrected chi connectivity index (χ1v) is 7.33. The molecule has 108 valence electrons. The van der Waals surface area contributed by atoms with E-state index in [2.05, 4.69) is 15.4 Å². The summed E-state index contributed by atoms with van der Waals surface area (Å²) in [6.45, 7) is 5.96. The molecule has 0 saturated carbocycles. The third-order valence-electron chi connectivity index (χ3n) is 3.61. The van der Waals surface area contributed by atoms with E-state index in [1.54, 1.807) is 17.4 Å². The summed E-state index contributed by atoms with van der Waals surface area (Å²) in [7, 11) is 0. The Kier molecular flexibility index (Phi) is 3.35. The van der Waals surface area contributed by atoms with Crippen LogP contribution in [0.3, 0.4) is 0 Å². The molecule has 4 nitrogen and oxygen atoms in total. The van der Waals surface area contributed by atoms with Crippen LogP contribution in [-0.4, -0.2) is 9.97 Å². The Morgan fingerprint density at radius 1 is 1.19 bits per heavy atom. The van der Waals surface area contributed by atoms with Crippen LogP contribution in [0.25, 0.3) is 21.6 Å². The van der Waals surface area contributed by atoms with Gasteiger partial charge in [0, 0.05) is 10.4 Å². The molecule has 6 heteroatoms. The van der Waals surface area contributed by atoms with Crippen LogP contribution in [0.1, 0.15) is 16.0 Å². The number of aryl methyl sites for hydroxylation is 3. The maximum atomic E-state index is 13.5. The number of hydrazine groups is 1. The molecule has 0 saturated heterocycles. The van der Waals surface area contributed by atoms with Crippen LogP contribution in [0.5, 0.6) is 0 Å². The molecule has 0 unspecified atom stereocenters. The minimum Gasteiger partial charge on any atom is -0.308 e. The van der Waals surface area contributed by atoms with Crippen molar-refractivity contribution in [1.29, 1.82) is 0 Å². The number of nitrogen functional groups attached to an aromatic ring is 1. The molecule has 0 aliphatic heterocycles. The van der Waals surface area contributed by atoms with Crippen molar-refractivity contribution in [2.75, 3.05) is 5.43 Å². The highest BCUT2D eigenvalue weighted by atomic mass is 32.1. The van der Waals surface area contributed by atoms with Gasteiger partial charge in [0.1, 0.15) is 10.6 Å². The second kappa shape index (κ2) is 5.05. The average Bonchev–Trinajstić information content (AvgIpc) is 2.76. The van der Waals surface area contributed by atoms with E-state index in [-0.39, 0.29) is 5.82 Å². The van der Waals surface area contributed by atoms with Gasteiger partial charge in [-0.05, 0) is 44.0 Å². The minimum absolute atomic E-state index is 0.305. The minimum atomic E-state index is -0.305. The van der Waals surface area contributed by atoms with Crippen molar-refractivity contribution in [3.63, 3.8) is 0 Å². The lowest BCUT2D eigenvalue weighted by Gasteiger charge is -2.08. The number of fused-ring (bicyclic) bond motifs is 1. The standard InChI is InChI=1S/C15H15FN4S/c1-7-4-5-10(16)6-11(7)13-18-14(20-17)12-8(2)9(3)21-15(12)19-13/h4-6H,17H2,1-3H3,(H,18,19,20). The van der Waals surface area contributed by atoms with E-state index >= 15 is 0 Å². The molecule has 1 aromatic carbocycles. The van der Waals surface area contributed by atoms with Gasteiger partial charge in [-0.15, -0.1) is 11.3 Å². The van der Waals surface area contributed by atoms with E-state index in [9.17, 15) is 4.39 Å². The van der Waals surface area contributed by atoms with E-state index in [1.165, 1.54) is 17.0 Å². The molecule has 0 bridgehead atoms. The summed E-state index contributed by atoms with van der Waals surface area (Å²) in [5.74, 6) is 6.34. The second-order valence-electron chi connectivity index (χ2n) is 4.96. The first-order chi connectivity index (χ1) is 10.0. The maximum Gasteiger partial charge on any atom is 0.163 e. The van der Waals surface area contributed by atoms with Crippen LogP contribution in [-0.2, 0) is 0 Å². The number of nitrogens with two attached hydrogens (primary N) is 1. The topological polar surface area (TPSA) is 63.8 Å². The second-order valence-corrected chi connectivity index (χ2v) is 6.17. The fourth-order valence-corrected chi connectivity index (χ4v) is 3.34. The Bertz CT molecular complexity index is 841. The van der Waals surface area contributed by atoms with Gasteiger partial charge in [-0.25, -0.2) is 20.2 Å². The number of nitrogens with zero attached hydrogens (tertiary/aromatic N) is 2. The van der Waals surface area contributed by atoms with E-state index in [0.29, 0.717) is 17.2 Å². The first kappa shape index (κ1) is 13.9. The molecule has 0 spiro atoms. The van der Waals surface area contributed by atoms with Crippen molar-refractivity contribution in [2.24, 2.45) is 5.84 Å². The van der Waals surface area contributed by atoms with Gasteiger partial charge in [-0.3, -0.25) is 0 Å². The molecule has 0 radical (unpaired) electrons. The molecule has 0 atom stereocenters. The molecule has 21 heavy (non-hydrogen) atoms. The van der Waals surface area contributed by atoms with Crippen molar-refractivity contribution < 1.29 is 4.39 Å². The number of hydrogen-bond donors (Lipinski definition) is 2. The number of anilines is 1. The first-order valence-electron chi connectivity index (χ1n) is 6.52. The molecule has 0 aliphatic carbocycles. The number of halogens is 1. The smallest absolute Gasteiger partial charge is 0.163 e. The summed E-state index contributed by atoms with van der Waals surface area (Å²) in [4.78, 5) is 11.1. The highest BCUT2D eigenvalue weighted by Crippen LogP contribution is 2.35. The highest BCUT2D eigenvalue weighted by Gasteiger charge is 2.16. The lowest BCUT2D eigenvalue weighted by atomic mass is 10.1. The largest absolute Gasteiger partial charge is 0.308 e. The van der Waals surface area contributed by atoms with Crippen LogP contribution >= 0.6 is 11.3 Å². The van der Waals surface area contributed by atoms with Gasteiger partial charge in [0.05, 0.1) is 5.39 Å². The predicted octanol–water partition coefficient (Wildman–Crippen LogP) is 3.71. The molecular weight excluding hydrogens is 287 g/mol. The fourth-order valence-electron chi connectivity index (χ4n) is 2.31. The van der Waals surface area contributed by atoms with Crippen molar-refractivity contribution in [1.82, 2.24) is 9.97 Å². The zero-order chi connectivity index (χ0) is 15.1. The Balaban J connectivity index is 2.32. The van der Waals surface area contributed by atoms with Gasteiger partial charge in [-0.2, -0.15) is 0 Å². The third kappa shape index (κ3) is 2.26. The van der Waals surface area contributed by atoms with Gasteiger partial charge in [0.2, 0.25) is 0 Å². The van der Waals surface area contributed by atoms with Crippen molar-refractivity contribution >= 4 is 27.4 Å². The number of rotatable bonds is 2. The Labute approximate surface area is 125 Å². The van der Waals surface area contributed by atoms with Crippen LogP contribution in [0.4, 0.5) is 10.2 Å². The van der Waals surface area contributed by atoms with Crippen molar-refractivity contribution in [3.05, 3.63) is 40.0 Å². The normalized spacial score (nSPS) is 11.1. The van der Waals surface area contributed by atoms with Gasteiger partial charge in [0.25, 0.3) is 0 Å². The summed E-state index contributed by atoms with van der Waals surface area (Å²) in [6, 6.07) is 4.60. The molecular formula is C15H15FN4S. The monoisotopic (exact) mass is 302 g/mol. The Hall–Kier alpha value is -2.05. The molecule has 0 aliphatic rings. The molecule has 3 rings (SSSR count). The number of thiophene rings is 1. The number of aromatic nitrogens is 2. The van der Waals surface area contributed by atoms with Crippen LogP contribution in [0, 0.1) is 26.6 Å². The summed E-state index contributed by atoms with van der Waals surface area (Å²) in [5.41, 5.74) is 5.34. The average molecular weight is 302 g/mol. The third-order valence-corrected chi connectivity index (χ3v) is 4.71. The van der Waals surface area contributed by atoms with Gasteiger partial charge in [-0.1, -0.05) is 6.07 Å². The highest BCUT2D eigenvalue weighted by molar-refractivity contribution is 7.18. The predicted molar refractivity (Wildman–Crippen MR) is 84.8 cm³/mol. The summed E-state index contributed by atoms with van der Waals surface area (Å²) >= 11 is 1.59. The Morgan fingerprint density at radius 3 is 2.67 bits per heavy atom. The fraction of sp³-hybridized carbons (Fsp3) is 0.200. The van der Waals surface area contributed by atoms with Crippen LogP contribution in [0.2, 0.25) is 0 Å². The molecule has 3 aromatic rings. The van der Waals surface area contributed by atoms with E-state index in [4.69, 9.17) is 5.84 Å². The van der Waals surface area contributed by atoms with Gasteiger partial charge < -0.3 is 5.43 Å². The number of hydrogen-bond acceptors (Lipinski definition) is 5. The number of benzene rings is 1. The molecule has 3 N–H and O–H groups in total. The zero-order valence-electron chi connectivity index (χ0n) is 12.0. The van der Waals surface area contributed by atoms with E-state index in [1.807, 2.05) is 20.8 Å². The van der Waals surface area contributed by atoms with Gasteiger partial charge in [0.15, 0.2) is 11.6 Å². The quantitative estimate of drug-likeness (QED) is 0.559. The van der Waals surface area contributed by atoms with Crippen LogP contribution in [0.15, 0.2) is 18.2 Å². The lowest BCUT2D eigenvalue weighted by Crippen LogP contribution is -2.10. The maximum absolute atomic E-state index is 13.5. The van der Waals surface area contributed by atoms with Crippen LogP contribution < -0.4 is 11.3 Å². The summed E-state index contributed by atoms with van der Waals surface area (Å²) < 4.78 is 13.5. The zero-order valence-corrected chi connectivity index (χ0v) is 12.8. The molecule has 2 heterocycles. The summed E-state index contributed by atoms with van der Waals surface area (Å²) in [5, 5.41) is 0.929. The van der Waals surface area contributed by atoms with E-state index in [0.717, 1.165) is 21.3 Å². The molecule has 2 aromatic heterocycles. The summed E-state index contributed by atoms with van der Waals surface area (Å²) in [6.07, 6.45) is 0. The molecule has 0 fully saturated rings. The van der Waals surface area contributed by atoms with Crippen molar-refractivity contribution in [3.8, 4) is 11.4 Å².